The summed E-state index contributed by atoms with van der Waals surface area (Å²) in [6.45, 7) is 0. The van der Waals surface area contributed by atoms with Gasteiger partial charge in [-0.2, -0.15) is 0 Å². The molecule has 0 fully saturated rings. The van der Waals surface area contributed by atoms with E-state index >= 15 is 0 Å². The standard InChI is InChI=1S/C52H33NOS/c1-2-11-34(12-3-1)35-23-28-39(29-24-35)53(40-30-25-37(26-31-40)44-19-9-20-46-45-17-6-7-22-49(45)55-52(44)46)41-15-8-14-38(33-41)42-18-10-21-48-50(42)47-32-27-36-13-4-5-16-43(36)51(47)54-48/h1-33H. The van der Waals surface area contributed by atoms with E-state index in [1.807, 2.05) is 11.3 Å². The molecule has 9 aromatic carbocycles. The summed E-state index contributed by atoms with van der Waals surface area (Å²) in [7, 11) is 0. The molecule has 11 aromatic rings. The highest BCUT2D eigenvalue weighted by Crippen LogP contribution is 2.44. The molecule has 0 N–H and O–H groups in total. The van der Waals surface area contributed by atoms with Crippen molar-refractivity contribution in [2.45, 2.75) is 0 Å². The van der Waals surface area contributed by atoms with Crippen LogP contribution in [0, 0.1) is 0 Å². The number of benzene rings is 9. The Hall–Kier alpha value is -6.94. The van der Waals surface area contributed by atoms with Gasteiger partial charge < -0.3 is 9.32 Å². The lowest BCUT2D eigenvalue weighted by atomic mass is 9.97. The van der Waals surface area contributed by atoms with Crippen molar-refractivity contribution in [2.75, 3.05) is 4.90 Å². The summed E-state index contributed by atoms with van der Waals surface area (Å²) >= 11 is 1.87. The predicted octanol–water partition coefficient (Wildman–Crippen LogP) is 15.6. The van der Waals surface area contributed by atoms with Crippen LogP contribution in [0.2, 0.25) is 0 Å². The summed E-state index contributed by atoms with van der Waals surface area (Å²) in [5, 5.41) is 7.21. The van der Waals surface area contributed by atoms with Crippen LogP contribution >= 0.6 is 11.3 Å². The van der Waals surface area contributed by atoms with E-state index in [2.05, 4.69) is 205 Å². The van der Waals surface area contributed by atoms with Crippen molar-refractivity contribution in [3.05, 3.63) is 200 Å². The average molecular weight is 720 g/mol. The molecule has 2 nitrogen and oxygen atoms in total. The van der Waals surface area contributed by atoms with Gasteiger partial charge in [0, 0.05) is 53.4 Å². The van der Waals surface area contributed by atoms with Gasteiger partial charge in [-0.1, -0.05) is 146 Å². The Bertz CT molecular complexity index is 3190. The highest BCUT2D eigenvalue weighted by Gasteiger charge is 2.18. The molecule has 0 atom stereocenters. The molecule has 0 bridgehead atoms. The first-order valence-corrected chi connectivity index (χ1v) is 19.5. The SMILES string of the molecule is c1ccc(-c2ccc(N(c3ccc(-c4cccc5c4sc4ccccc45)cc3)c3cccc(-c4cccc5oc6c7ccccc7ccc6c45)c3)cc2)cc1. The summed E-state index contributed by atoms with van der Waals surface area (Å²) in [5.74, 6) is 0. The minimum atomic E-state index is 0.895. The van der Waals surface area contributed by atoms with Gasteiger partial charge >= 0.3 is 0 Å². The van der Waals surface area contributed by atoms with Gasteiger partial charge in [-0.05, 0) is 93.4 Å². The number of thiophene rings is 1. The van der Waals surface area contributed by atoms with Crippen molar-refractivity contribution in [2.24, 2.45) is 0 Å². The molecular weight excluding hydrogens is 687 g/mol. The second-order valence-corrected chi connectivity index (χ2v) is 15.1. The minimum Gasteiger partial charge on any atom is -0.455 e. The largest absolute Gasteiger partial charge is 0.455 e. The number of furan rings is 1. The van der Waals surface area contributed by atoms with Crippen molar-refractivity contribution in [3.8, 4) is 33.4 Å². The molecule has 0 radical (unpaired) electrons. The third-order valence-corrected chi connectivity index (χ3v) is 12.1. The molecule has 0 unspecified atom stereocenters. The lowest BCUT2D eigenvalue weighted by Crippen LogP contribution is -2.10. The van der Waals surface area contributed by atoms with Gasteiger partial charge in [-0.3, -0.25) is 0 Å². The van der Waals surface area contributed by atoms with E-state index in [1.54, 1.807) is 0 Å². The lowest BCUT2D eigenvalue weighted by Gasteiger charge is -2.26. The molecule has 11 rings (SSSR count). The average Bonchev–Trinajstić information content (AvgIpc) is 3.84. The highest BCUT2D eigenvalue weighted by molar-refractivity contribution is 7.26. The van der Waals surface area contributed by atoms with Crippen LogP contribution in [0.5, 0.6) is 0 Å². The first-order chi connectivity index (χ1) is 27.3. The molecule has 258 valence electrons. The monoisotopic (exact) mass is 719 g/mol. The van der Waals surface area contributed by atoms with E-state index in [1.165, 1.54) is 47.8 Å². The molecule has 0 aliphatic rings. The van der Waals surface area contributed by atoms with Crippen LogP contribution in [0.3, 0.4) is 0 Å². The smallest absolute Gasteiger partial charge is 0.143 e. The summed E-state index contributed by atoms with van der Waals surface area (Å²) < 4.78 is 9.22. The molecular formula is C52H33NOS. The zero-order valence-electron chi connectivity index (χ0n) is 29.8. The Morgan fingerprint density at radius 1 is 0.382 bits per heavy atom. The second-order valence-electron chi connectivity index (χ2n) is 14.1. The summed E-state index contributed by atoms with van der Waals surface area (Å²) in [4.78, 5) is 2.36. The first kappa shape index (κ1) is 31.6. The minimum absolute atomic E-state index is 0.895. The van der Waals surface area contributed by atoms with Crippen LogP contribution in [0.15, 0.2) is 205 Å². The molecule has 0 aliphatic carbocycles. The number of fused-ring (bicyclic) bond motifs is 8. The van der Waals surface area contributed by atoms with Gasteiger partial charge in [-0.25, -0.2) is 0 Å². The molecule has 0 saturated heterocycles. The Morgan fingerprint density at radius 3 is 1.85 bits per heavy atom. The van der Waals surface area contributed by atoms with E-state index < -0.39 is 0 Å². The third-order valence-electron chi connectivity index (χ3n) is 10.9. The second kappa shape index (κ2) is 12.9. The van der Waals surface area contributed by atoms with Crippen molar-refractivity contribution in [1.82, 2.24) is 0 Å². The number of hydrogen-bond donors (Lipinski definition) is 0. The van der Waals surface area contributed by atoms with Crippen LogP contribution in [-0.4, -0.2) is 0 Å². The maximum absolute atomic E-state index is 6.57. The van der Waals surface area contributed by atoms with Crippen LogP contribution < -0.4 is 4.90 Å². The van der Waals surface area contributed by atoms with Gasteiger partial charge in [-0.15, -0.1) is 11.3 Å². The number of nitrogens with zero attached hydrogens (tertiary/aromatic N) is 1. The first-order valence-electron chi connectivity index (χ1n) is 18.7. The fraction of sp³-hybridized carbons (Fsp3) is 0. The lowest BCUT2D eigenvalue weighted by molar-refractivity contribution is 0.673. The fourth-order valence-corrected chi connectivity index (χ4v) is 9.49. The van der Waals surface area contributed by atoms with Gasteiger partial charge in [0.05, 0.1) is 0 Å². The zero-order chi connectivity index (χ0) is 36.3. The number of hydrogen-bond acceptors (Lipinski definition) is 3. The Balaban J connectivity index is 1.05. The fourth-order valence-electron chi connectivity index (χ4n) is 8.25. The van der Waals surface area contributed by atoms with E-state index in [-0.39, 0.29) is 0 Å². The number of rotatable bonds is 6. The zero-order valence-corrected chi connectivity index (χ0v) is 30.6. The van der Waals surface area contributed by atoms with E-state index in [0.29, 0.717) is 0 Å². The van der Waals surface area contributed by atoms with Crippen molar-refractivity contribution in [1.29, 1.82) is 0 Å². The van der Waals surface area contributed by atoms with Crippen molar-refractivity contribution >= 4 is 81.3 Å². The van der Waals surface area contributed by atoms with E-state index in [9.17, 15) is 0 Å². The Labute approximate surface area is 322 Å². The quantitative estimate of drug-likeness (QED) is 0.170. The third kappa shape index (κ3) is 5.32. The Kier molecular flexibility index (Phi) is 7.39. The maximum Gasteiger partial charge on any atom is 0.143 e. The molecule has 0 aliphatic heterocycles. The Morgan fingerprint density at radius 2 is 1.02 bits per heavy atom. The van der Waals surface area contributed by atoms with Crippen LogP contribution in [0.4, 0.5) is 17.1 Å². The molecule has 0 saturated carbocycles. The molecule has 2 heterocycles. The summed E-state index contributed by atoms with van der Waals surface area (Å²) in [6, 6.07) is 72.1. The van der Waals surface area contributed by atoms with Crippen LogP contribution in [0.1, 0.15) is 0 Å². The number of anilines is 3. The van der Waals surface area contributed by atoms with Gasteiger partial charge in [0.2, 0.25) is 0 Å². The normalized spacial score (nSPS) is 11.6. The topological polar surface area (TPSA) is 16.4 Å². The molecule has 3 heteroatoms. The van der Waals surface area contributed by atoms with Gasteiger partial charge in [0.1, 0.15) is 11.2 Å². The van der Waals surface area contributed by atoms with Crippen LogP contribution in [-0.2, 0) is 0 Å². The summed E-state index contributed by atoms with van der Waals surface area (Å²) in [5.41, 5.74) is 12.3. The van der Waals surface area contributed by atoms with Crippen molar-refractivity contribution < 1.29 is 4.42 Å². The highest BCUT2D eigenvalue weighted by atomic mass is 32.1. The van der Waals surface area contributed by atoms with E-state index in [4.69, 9.17) is 4.42 Å². The molecule has 0 amide bonds. The van der Waals surface area contributed by atoms with Crippen molar-refractivity contribution in [3.63, 3.8) is 0 Å². The van der Waals surface area contributed by atoms with E-state index in [0.717, 1.165) is 55.5 Å². The summed E-state index contributed by atoms with van der Waals surface area (Å²) in [6.07, 6.45) is 0. The maximum atomic E-state index is 6.57. The van der Waals surface area contributed by atoms with Crippen LogP contribution in [0.25, 0.3) is 86.3 Å². The van der Waals surface area contributed by atoms with Gasteiger partial charge in [0.15, 0.2) is 0 Å². The molecule has 2 aromatic heterocycles. The molecule has 0 spiro atoms. The van der Waals surface area contributed by atoms with Gasteiger partial charge in [0.25, 0.3) is 0 Å². The molecule has 55 heavy (non-hydrogen) atoms. The predicted molar refractivity (Wildman–Crippen MR) is 235 cm³/mol.